The molecule has 4 aliphatic carbocycles. The van der Waals surface area contributed by atoms with Gasteiger partial charge in [0.2, 0.25) is 0 Å². The van der Waals surface area contributed by atoms with Crippen LogP contribution >= 0.6 is 0 Å². The number of hydrogen-bond donors (Lipinski definition) is 0. The SMILES string of the molecule is CC(C)(C)C1CCC2C(C1)C([Si](C)(C)C1CCC(C(C)(C)C)C1)C1CC(C(C)(C)C)CC(c3ccccc3)C21. The molecule has 1 aromatic rings. The number of rotatable bonds is 3. The smallest absolute Gasteiger partial charge is 0.0541 e. The fraction of sp³-hybridized carbons (Fsp3) is 0.842. The lowest BCUT2D eigenvalue weighted by Crippen LogP contribution is -2.45. The summed E-state index contributed by atoms with van der Waals surface area (Å²) in [5.74, 6) is 7.29. The number of fused-ring (bicyclic) bond motifs is 3. The second-order valence-electron chi connectivity index (χ2n) is 18.9. The third-order valence-corrected chi connectivity index (χ3v) is 18.9. The van der Waals surface area contributed by atoms with Crippen molar-refractivity contribution >= 4 is 8.07 Å². The van der Waals surface area contributed by atoms with E-state index in [1.165, 1.54) is 51.4 Å². The van der Waals surface area contributed by atoms with Gasteiger partial charge in [0.05, 0.1) is 8.07 Å². The molecule has 0 spiro atoms. The fourth-order valence-corrected chi connectivity index (χ4v) is 16.5. The van der Waals surface area contributed by atoms with E-state index in [9.17, 15) is 0 Å². The lowest BCUT2D eigenvalue weighted by atomic mass is 9.58. The average molecular weight is 549 g/mol. The first-order valence-corrected chi connectivity index (χ1v) is 20.2. The highest BCUT2D eigenvalue weighted by molar-refractivity contribution is 6.80. The highest BCUT2D eigenvalue weighted by Crippen LogP contribution is 2.70. The Kier molecular flexibility index (Phi) is 7.91. The molecule has 4 fully saturated rings. The van der Waals surface area contributed by atoms with Gasteiger partial charge in [-0.3, -0.25) is 0 Å². The summed E-state index contributed by atoms with van der Waals surface area (Å²) in [5.41, 5.74) is 5.06. The Bertz CT molecular complexity index is 969. The van der Waals surface area contributed by atoms with Gasteiger partial charge in [-0.25, -0.2) is 0 Å². The second kappa shape index (κ2) is 10.3. The van der Waals surface area contributed by atoms with Gasteiger partial charge >= 0.3 is 0 Å². The van der Waals surface area contributed by atoms with Crippen LogP contribution in [0.25, 0.3) is 0 Å². The van der Waals surface area contributed by atoms with Crippen molar-refractivity contribution in [2.75, 3.05) is 0 Å². The Morgan fingerprint density at radius 3 is 1.67 bits per heavy atom. The Morgan fingerprint density at radius 2 is 1.10 bits per heavy atom. The third-order valence-electron chi connectivity index (χ3n) is 13.7. The van der Waals surface area contributed by atoms with E-state index >= 15 is 0 Å². The molecule has 0 aromatic heterocycles. The summed E-state index contributed by atoms with van der Waals surface area (Å²) in [5, 5.41) is 0. The van der Waals surface area contributed by atoms with Crippen molar-refractivity contribution in [3.63, 3.8) is 0 Å². The topological polar surface area (TPSA) is 0 Å². The van der Waals surface area contributed by atoms with E-state index in [-0.39, 0.29) is 0 Å². The second-order valence-corrected chi connectivity index (χ2v) is 24.0. The number of benzene rings is 1. The molecule has 4 saturated carbocycles. The summed E-state index contributed by atoms with van der Waals surface area (Å²) in [4.78, 5) is 0. The Balaban J connectivity index is 1.57. The largest absolute Gasteiger partial charge is 0.0689 e. The van der Waals surface area contributed by atoms with Crippen LogP contribution in [-0.4, -0.2) is 8.07 Å². The maximum absolute atomic E-state index is 2.91. The summed E-state index contributed by atoms with van der Waals surface area (Å²) < 4.78 is 0. The van der Waals surface area contributed by atoms with E-state index in [2.05, 4.69) is 106 Å². The highest BCUT2D eigenvalue weighted by atomic mass is 28.3. The minimum absolute atomic E-state index is 0.403. The van der Waals surface area contributed by atoms with Crippen LogP contribution in [0.5, 0.6) is 0 Å². The molecule has 5 rings (SSSR count). The van der Waals surface area contributed by atoms with Gasteiger partial charge in [-0.1, -0.05) is 112 Å². The van der Waals surface area contributed by atoms with Gasteiger partial charge in [0.15, 0.2) is 0 Å². The number of hydrogen-bond acceptors (Lipinski definition) is 0. The van der Waals surface area contributed by atoms with Crippen LogP contribution in [0.15, 0.2) is 30.3 Å². The zero-order valence-corrected chi connectivity index (χ0v) is 28.8. The maximum atomic E-state index is 2.91. The standard InChI is InChI=1S/C38H64Si/c1-36(2,3)26-17-19-29(21-26)39(10,11)35-32-22-27(37(4,5)6)18-20-30(32)34-31(25-15-13-12-14-16-25)23-28(24-33(34)35)38(7,8)9/h12-16,26-35H,17-24H2,1-11H3. The molecular weight excluding hydrogens is 485 g/mol. The molecule has 220 valence electrons. The zero-order chi connectivity index (χ0) is 28.5. The molecule has 0 aliphatic heterocycles. The first kappa shape index (κ1) is 29.9. The molecule has 0 nitrogen and oxygen atoms in total. The molecule has 4 aliphatic rings. The van der Waals surface area contributed by atoms with Crippen molar-refractivity contribution in [2.24, 2.45) is 57.7 Å². The fourth-order valence-electron chi connectivity index (χ4n) is 11.2. The minimum atomic E-state index is -1.48. The molecule has 10 atom stereocenters. The molecule has 0 bridgehead atoms. The molecule has 1 aromatic carbocycles. The van der Waals surface area contributed by atoms with Gasteiger partial charge in [0.25, 0.3) is 0 Å². The lowest BCUT2D eigenvalue weighted by Gasteiger charge is -2.49. The van der Waals surface area contributed by atoms with Gasteiger partial charge in [-0.05, 0) is 125 Å². The van der Waals surface area contributed by atoms with E-state index in [4.69, 9.17) is 0 Å². The van der Waals surface area contributed by atoms with Crippen molar-refractivity contribution in [3.05, 3.63) is 35.9 Å². The predicted octanol–water partition coefficient (Wildman–Crippen LogP) is 11.8. The minimum Gasteiger partial charge on any atom is -0.0689 e. The Morgan fingerprint density at radius 1 is 0.564 bits per heavy atom. The molecule has 0 radical (unpaired) electrons. The van der Waals surface area contributed by atoms with Crippen LogP contribution in [0.1, 0.15) is 125 Å². The van der Waals surface area contributed by atoms with Crippen LogP contribution in [0.3, 0.4) is 0 Å². The summed E-state index contributed by atoms with van der Waals surface area (Å²) in [7, 11) is -1.48. The summed E-state index contributed by atoms with van der Waals surface area (Å²) >= 11 is 0. The zero-order valence-electron chi connectivity index (χ0n) is 27.8. The van der Waals surface area contributed by atoms with E-state index in [1.807, 2.05) is 0 Å². The molecule has 0 N–H and O–H groups in total. The molecule has 39 heavy (non-hydrogen) atoms. The van der Waals surface area contributed by atoms with Gasteiger partial charge in [0.1, 0.15) is 0 Å². The van der Waals surface area contributed by atoms with E-state index in [0.29, 0.717) is 16.2 Å². The van der Waals surface area contributed by atoms with Gasteiger partial charge < -0.3 is 0 Å². The Hall–Kier alpha value is -0.563. The van der Waals surface area contributed by atoms with Crippen LogP contribution < -0.4 is 0 Å². The van der Waals surface area contributed by atoms with Crippen LogP contribution in [-0.2, 0) is 0 Å². The molecular formula is C38H64Si. The molecule has 0 heterocycles. The van der Waals surface area contributed by atoms with Gasteiger partial charge in [0, 0.05) is 0 Å². The quantitative estimate of drug-likeness (QED) is 0.329. The highest BCUT2D eigenvalue weighted by Gasteiger charge is 2.63. The van der Waals surface area contributed by atoms with E-state index < -0.39 is 8.07 Å². The van der Waals surface area contributed by atoms with Crippen molar-refractivity contribution < 1.29 is 0 Å². The van der Waals surface area contributed by atoms with Gasteiger partial charge in [-0.15, -0.1) is 0 Å². The van der Waals surface area contributed by atoms with E-state index in [1.54, 1.807) is 5.56 Å². The van der Waals surface area contributed by atoms with Crippen molar-refractivity contribution in [3.8, 4) is 0 Å². The first-order chi connectivity index (χ1) is 18.0. The molecule has 10 unspecified atom stereocenters. The van der Waals surface area contributed by atoms with Crippen molar-refractivity contribution in [1.29, 1.82) is 0 Å². The third kappa shape index (κ3) is 5.62. The summed E-state index contributed by atoms with van der Waals surface area (Å²) in [6.07, 6.45) is 12.0. The molecule has 0 amide bonds. The van der Waals surface area contributed by atoms with Crippen LogP contribution in [0.4, 0.5) is 0 Å². The normalized spacial score (nSPS) is 39.9. The lowest BCUT2D eigenvalue weighted by molar-refractivity contribution is 0.0562. The van der Waals surface area contributed by atoms with Crippen LogP contribution in [0, 0.1) is 57.7 Å². The van der Waals surface area contributed by atoms with Gasteiger partial charge in [-0.2, -0.15) is 0 Å². The Labute approximate surface area is 244 Å². The monoisotopic (exact) mass is 548 g/mol. The summed E-state index contributed by atoms with van der Waals surface area (Å²) in [6.45, 7) is 28.7. The van der Waals surface area contributed by atoms with Crippen molar-refractivity contribution in [1.82, 2.24) is 0 Å². The molecule has 0 saturated heterocycles. The molecule has 1 heteroatoms. The first-order valence-electron chi connectivity index (χ1n) is 17.0. The van der Waals surface area contributed by atoms with Crippen LogP contribution in [0.2, 0.25) is 24.2 Å². The maximum Gasteiger partial charge on any atom is 0.0541 e. The predicted molar refractivity (Wildman–Crippen MR) is 174 cm³/mol. The average Bonchev–Trinajstić information content (AvgIpc) is 3.47. The van der Waals surface area contributed by atoms with E-state index in [0.717, 1.165) is 58.4 Å². The summed E-state index contributed by atoms with van der Waals surface area (Å²) in [6, 6.07) is 11.9. The van der Waals surface area contributed by atoms with Crippen molar-refractivity contribution in [2.45, 2.75) is 144 Å².